The minimum Gasteiger partial charge on any atom is -0.497 e. The van der Waals surface area contributed by atoms with Crippen LogP contribution in [0.4, 0.5) is 5.69 Å². The number of nitro groups is 1. The van der Waals surface area contributed by atoms with E-state index in [4.69, 9.17) is 9.47 Å². The lowest BCUT2D eigenvalue weighted by Crippen LogP contribution is -2.21. The van der Waals surface area contributed by atoms with Crippen molar-refractivity contribution in [3.63, 3.8) is 0 Å². The number of hydrogen-bond donors (Lipinski definition) is 0. The molecule has 2 aromatic rings. The Morgan fingerprint density at radius 1 is 1.21 bits per heavy atom. The van der Waals surface area contributed by atoms with Crippen molar-refractivity contribution in [2.24, 2.45) is 0 Å². The zero-order valence-corrected chi connectivity index (χ0v) is 14.7. The molecular formula is C16H12INO6. The highest BCUT2D eigenvalue weighted by molar-refractivity contribution is 14.1. The number of fused-ring (bicyclic) bond motifs is 1. The van der Waals surface area contributed by atoms with Gasteiger partial charge in [-0.05, 0) is 46.9 Å². The number of esters is 1. The molecular weight excluding hydrogens is 429 g/mol. The molecule has 0 spiro atoms. The van der Waals surface area contributed by atoms with Gasteiger partial charge in [-0.1, -0.05) is 12.1 Å². The van der Waals surface area contributed by atoms with E-state index in [2.05, 4.69) is 0 Å². The van der Waals surface area contributed by atoms with E-state index in [-0.39, 0.29) is 22.8 Å². The number of carbonyl (C=O) groups is 2. The zero-order valence-electron chi connectivity index (χ0n) is 12.5. The van der Waals surface area contributed by atoms with E-state index in [1.807, 2.05) is 22.6 Å². The van der Waals surface area contributed by atoms with Gasteiger partial charge in [0.1, 0.15) is 17.9 Å². The molecule has 0 saturated heterocycles. The van der Waals surface area contributed by atoms with Crippen LogP contribution in [-0.4, -0.2) is 23.8 Å². The number of ketones is 1. The van der Waals surface area contributed by atoms with E-state index >= 15 is 0 Å². The number of ether oxygens (including phenoxy) is 2. The Morgan fingerprint density at radius 2 is 1.92 bits per heavy atom. The second-order valence-electron chi connectivity index (χ2n) is 4.64. The number of methoxy groups -OCH3 is 1. The van der Waals surface area contributed by atoms with Crippen LogP contribution < -0.4 is 9.47 Å². The van der Waals surface area contributed by atoms with Crippen molar-refractivity contribution in [3.05, 3.63) is 61.7 Å². The molecule has 7 nitrogen and oxygen atoms in total. The summed E-state index contributed by atoms with van der Waals surface area (Å²) in [5, 5.41) is 10.2. The lowest BCUT2D eigenvalue weighted by atomic mass is 10.0. The number of Topliss-reactive ketones (excluding diaryl/α,β-unsaturated/α-hetero) is 1. The maximum Gasteiger partial charge on any atom is 0.319 e. The van der Waals surface area contributed by atoms with Crippen molar-refractivity contribution in [2.45, 2.75) is 6.42 Å². The van der Waals surface area contributed by atoms with Crippen LogP contribution in [0.25, 0.3) is 0 Å². The summed E-state index contributed by atoms with van der Waals surface area (Å²) in [5.74, 6) is 0.157. The number of benzene rings is 2. The first-order valence-corrected chi connectivity index (χ1v) is 7.81. The summed E-state index contributed by atoms with van der Waals surface area (Å²) in [6, 6.07) is 11.4. The second kappa shape index (κ2) is 7.86. The minimum atomic E-state index is -0.507. The summed E-state index contributed by atoms with van der Waals surface area (Å²) < 4.78 is 10.5. The van der Waals surface area contributed by atoms with Gasteiger partial charge >= 0.3 is 5.97 Å². The molecule has 2 aromatic carbocycles. The molecule has 0 atom stereocenters. The monoisotopic (exact) mass is 441 g/mol. The third kappa shape index (κ3) is 4.28. The third-order valence-corrected chi connectivity index (χ3v) is 3.98. The first kappa shape index (κ1) is 17.9. The van der Waals surface area contributed by atoms with Crippen molar-refractivity contribution in [1.29, 1.82) is 0 Å². The normalized spacial score (nSPS) is 12.4. The van der Waals surface area contributed by atoms with Gasteiger partial charge in [0.25, 0.3) is 5.69 Å². The average Bonchev–Trinajstić information content (AvgIpc) is 2.55. The quantitative estimate of drug-likeness (QED) is 0.177. The van der Waals surface area contributed by atoms with E-state index in [0.29, 0.717) is 20.6 Å². The van der Waals surface area contributed by atoms with E-state index in [9.17, 15) is 19.7 Å². The van der Waals surface area contributed by atoms with E-state index in [0.717, 1.165) is 0 Å². The summed E-state index contributed by atoms with van der Waals surface area (Å²) in [7, 11) is 1.51. The van der Waals surface area contributed by atoms with Gasteiger partial charge in [-0.2, -0.15) is 0 Å². The number of hydrogen-bond acceptors (Lipinski definition) is 6. The minimum absolute atomic E-state index is 0.170. The molecule has 1 heterocycles. The van der Waals surface area contributed by atoms with Gasteiger partial charge in [-0.15, -0.1) is 0 Å². The molecule has 0 fully saturated rings. The predicted molar refractivity (Wildman–Crippen MR) is 93.4 cm³/mol. The van der Waals surface area contributed by atoms with E-state index in [1.165, 1.54) is 13.2 Å². The SMILES string of the molecule is COc1ccc2c(c1)C(=O)CC(=O)O2.O=[N+]([O-])c1ccccc1I. The molecule has 0 aliphatic carbocycles. The highest BCUT2D eigenvalue weighted by Gasteiger charge is 2.24. The fraction of sp³-hybridized carbons (Fsp3) is 0.125. The Bertz CT molecular complexity index is 805. The summed E-state index contributed by atoms with van der Waals surface area (Å²) in [4.78, 5) is 32.2. The molecule has 24 heavy (non-hydrogen) atoms. The van der Waals surface area contributed by atoms with Crippen LogP contribution in [0.15, 0.2) is 42.5 Å². The fourth-order valence-electron chi connectivity index (χ4n) is 1.93. The van der Waals surface area contributed by atoms with Crippen LogP contribution in [-0.2, 0) is 4.79 Å². The first-order valence-electron chi connectivity index (χ1n) is 6.73. The van der Waals surface area contributed by atoms with Crippen molar-refractivity contribution >= 4 is 40.0 Å². The maximum absolute atomic E-state index is 11.4. The van der Waals surface area contributed by atoms with Crippen molar-refractivity contribution in [3.8, 4) is 11.5 Å². The predicted octanol–water partition coefficient (Wildman–Crippen LogP) is 3.39. The topological polar surface area (TPSA) is 95.7 Å². The molecule has 0 bridgehead atoms. The Morgan fingerprint density at radius 3 is 2.50 bits per heavy atom. The molecule has 8 heteroatoms. The van der Waals surface area contributed by atoms with Gasteiger partial charge in [0.05, 0.1) is 21.2 Å². The Labute approximate surface area is 150 Å². The van der Waals surface area contributed by atoms with Crippen LogP contribution in [0.2, 0.25) is 0 Å². The highest BCUT2D eigenvalue weighted by atomic mass is 127. The lowest BCUT2D eigenvalue weighted by Gasteiger charge is -2.14. The Balaban J connectivity index is 0.000000185. The molecule has 1 aliphatic heterocycles. The number of carbonyl (C=O) groups excluding carboxylic acids is 2. The third-order valence-electron chi connectivity index (χ3n) is 3.06. The Kier molecular flexibility index (Phi) is 5.85. The molecule has 0 saturated carbocycles. The van der Waals surface area contributed by atoms with Gasteiger partial charge in [-0.25, -0.2) is 0 Å². The number of halogens is 1. The van der Waals surface area contributed by atoms with Gasteiger partial charge in [0.2, 0.25) is 0 Å². The standard InChI is InChI=1S/C10H8O4.C6H4INO2/c1-13-6-2-3-9-7(4-6)8(11)5-10(12)14-9;7-5-3-1-2-4-6(5)8(9)10/h2-4H,5H2,1H3;1-4H. The first-order chi connectivity index (χ1) is 11.4. The van der Waals surface area contributed by atoms with Gasteiger partial charge < -0.3 is 9.47 Å². The van der Waals surface area contributed by atoms with Gasteiger partial charge in [-0.3, -0.25) is 19.7 Å². The van der Waals surface area contributed by atoms with Crippen LogP contribution in [0.3, 0.4) is 0 Å². The summed E-state index contributed by atoms with van der Waals surface area (Å²) in [5.41, 5.74) is 0.576. The fourth-order valence-corrected chi connectivity index (χ4v) is 2.51. The van der Waals surface area contributed by atoms with Crippen LogP contribution in [0, 0.1) is 13.7 Å². The molecule has 0 unspecified atom stereocenters. The van der Waals surface area contributed by atoms with Gasteiger partial charge in [0, 0.05) is 6.07 Å². The average molecular weight is 441 g/mol. The smallest absolute Gasteiger partial charge is 0.319 e. The molecule has 0 aromatic heterocycles. The van der Waals surface area contributed by atoms with Crippen LogP contribution >= 0.6 is 22.6 Å². The van der Waals surface area contributed by atoms with E-state index in [1.54, 1.807) is 36.4 Å². The number of rotatable bonds is 2. The lowest BCUT2D eigenvalue weighted by molar-refractivity contribution is -0.385. The summed E-state index contributed by atoms with van der Waals surface area (Å²) in [6.07, 6.45) is -0.194. The largest absolute Gasteiger partial charge is 0.497 e. The summed E-state index contributed by atoms with van der Waals surface area (Å²) in [6.45, 7) is 0. The van der Waals surface area contributed by atoms with Gasteiger partial charge in [0.15, 0.2) is 5.78 Å². The molecule has 0 amide bonds. The number of nitrogens with zero attached hydrogens (tertiary/aromatic N) is 1. The van der Waals surface area contributed by atoms with E-state index < -0.39 is 5.97 Å². The molecule has 1 aliphatic rings. The molecule has 124 valence electrons. The highest BCUT2D eigenvalue weighted by Crippen LogP contribution is 2.28. The van der Waals surface area contributed by atoms with Crippen LogP contribution in [0.1, 0.15) is 16.8 Å². The maximum atomic E-state index is 11.4. The Hall–Kier alpha value is -2.49. The molecule has 0 N–H and O–H groups in total. The number of para-hydroxylation sites is 1. The zero-order chi connectivity index (χ0) is 17.7. The second-order valence-corrected chi connectivity index (χ2v) is 5.81. The van der Waals surface area contributed by atoms with Crippen molar-refractivity contribution < 1.29 is 24.0 Å². The summed E-state index contributed by atoms with van der Waals surface area (Å²) >= 11 is 1.93. The molecule has 3 rings (SSSR count). The van der Waals surface area contributed by atoms with Crippen molar-refractivity contribution in [1.82, 2.24) is 0 Å². The number of nitro benzene ring substituents is 1. The molecule has 0 radical (unpaired) electrons. The van der Waals surface area contributed by atoms with Crippen LogP contribution in [0.5, 0.6) is 11.5 Å². The van der Waals surface area contributed by atoms with Crippen molar-refractivity contribution in [2.75, 3.05) is 7.11 Å².